The van der Waals surface area contributed by atoms with E-state index in [2.05, 4.69) is 41.9 Å². The monoisotopic (exact) mass is 471 g/mol. The molecular formula is C29H33N3O3. The third-order valence-corrected chi connectivity index (χ3v) is 6.20. The van der Waals surface area contributed by atoms with Crippen molar-refractivity contribution in [2.75, 3.05) is 20.3 Å². The zero-order valence-corrected chi connectivity index (χ0v) is 20.7. The Hall–Kier alpha value is -3.80. The van der Waals surface area contributed by atoms with E-state index in [1.165, 1.54) is 11.1 Å². The maximum atomic E-state index is 12.5. The van der Waals surface area contributed by atoms with Crippen molar-refractivity contribution in [1.29, 1.82) is 0 Å². The molecule has 0 aliphatic rings. The minimum Gasteiger partial charge on any atom is -0.497 e. The maximum Gasteiger partial charge on any atom is 0.251 e. The van der Waals surface area contributed by atoms with Gasteiger partial charge in [-0.2, -0.15) is 0 Å². The quantitative estimate of drug-likeness (QED) is 0.294. The maximum absolute atomic E-state index is 12.5. The molecular weight excluding hydrogens is 438 g/mol. The molecule has 35 heavy (non-hydrogen) atoms. The molecule has 0 atom stereocenters. The molecule has 3 aromatic carbocycles. The Labute approximate surface area is 206 Å². The van der Waals surface area contributed by atoms with Crippen LogP contribution in [0.2, 0.25) is 0 Å². The molecule has 0 unspecified atom stereocenters. The standard InChI is InChI=1S/C29H33N3O3/c1-21-14-15-25(19-22(21)2)35-18-8-17-32-27-12-5-4-11-26(27)31-28(32)13-7-16-30-29(33)23-9-6-10-24(20-23)34-3/h4-6,9-12,14-15,19-20H,7-8,13,16-18H2,1-3H3,(H,30,33). The molecule has 0 bridgehead atoms. The van der Waals surface area contributed by atoms with Gasteiger partial charge in [-0.05, 0) is 80.3 Å². The van der Waals surface area contributed by atoms with Crippen molar-refractivity contribution in [2.24, 2.45) is 0 Å². The zero-order valence-electron chi connectivity index (χ0n) is 20.7. The average molecular weight is 472 g/mol. The lowest BCUT2D eigenvalue weighted by atomic mass is 10.1. The number of rotatable bonds is 11. The number of benzene rings is 3. The lowest BCUT2D eigenvalue weighted by Crippen LogP contribution is -2.25. The number of hydrogen-bond donors (Lipinski definition) is 1. The molecule has 0 aliphatic carbocycles. The fourth-order valence-corrected chi connectivity index (χ4v) is 4.10. The molecule has 6 heteroatoms. The van der Waals surface area contributed by atoms with Gasteiger partial charge in [-0.25, -0.2) is 4.98 Å². The van der Waals surface area contributed by atoms with E-state index in [4.69, 9.17) is 14.5 Å². The topological polar surface area (TPSA) is 65.4 Å². The van der Waals surface area contributed by atoms with Crippen LogP contribution in [-0.2, 0) is 13.0 Å². The first-order valence-electron chi connectivity index (χ1n) is 12.1. The van der Waals surface area contributed by atoms with E-state index in [1.54, 1.807) is 19.2 Å². The number of nitrogens with one attached hydrogen (secondary N) is 1. The molecule has 0 saturated heterocycles. The fraction of sp³-hybridized carbons (Fsp3) is 0.310. The number of methoxy groups -OCH3 is 1. The first-order valence-corrected chi connectivity index (χ1v) is 12.1. The molecule has 0 radical (unpaired) electrons. The average Bonchev–Trinajstić information content (AvgIpc) is 3.23. The molecule has 1 N–H and O–H groups in total. The van der Waals surface area contributed by atoms with E-state index in [1.807, 2.05) is 36.4 Å². The Balaban J connectivity index is 1.32. The van der Waals surface area contributed by atoms with Crippen LogP contribution in [0.25, 0.3) is 11.0 Å². The summed E-state index contributed by atoms with van der Waals surface area (Å²) < 4.78 is 13.5. The van der Waals surface area contributed by atoms with Gasteiger partial charge < -0.3 is 19.4 Å². The van der Waals surface area contributed by atoms with E-state index >= 15 is 0 Å². The van der Waals surface area contributed by atoms with E-state index in [0.29, 0.717) is 24.5 Å². The lowest BCUT2D eigenvalue weighted by Gasteiger charge is -2.12. The van der Waals surface area contributed by atoms with Gasteiger partial charge in [0.25, 0.3) is 5.91 Å². The summed E-state index contributed by atoms with van der Waals surface area (Å²) in [6.45, 7) is 6.26. The van der Waals surface area contributed by atoms with Crippen molar-refractivity contribution in [3.8, 4) is 11.5 Å². The number of carbonyl (C=O) groups is 1. The van der Waals surface area contributed by atoms with Crippen LogP contribution in [0.1, 0.15) is 40.2 Å². The molecule has 6 nitrogen and oxygen atoms in total. The number of ether oxygens (including phenoxy) is 2. The number of para-hydroxylation sites is 2. The summed E-state index contributed by atoms with van der Waals surface area (Å²) in [5.41, 5.74) is 5.24. The Kier molecular flexibility index (Phi) is 8.03. The van der Waals surface area contributed by atoms with Crippen LogP contribution in [0.3, 0.4) is 0 Å². The zero-order chi connectivity index (χ0) is 24.6. The summed E-state index contributed by atoms with van der Waals surface area (Å²) in [5, 5.41) is 3.00. The molecule has 1 heterocycles. The number of nitrogens with zero attached hydrogens (tertiary/aromatic N) is 2. The van der Waals surface area contributed by atoms with Gasteiger partial charge in [0.05, 0.1) is 24.8 Å². The van der Waals surface area contributed by atoms with Gasteiger partial charge >= 0.3 is 0 Å². The third-order valence-electron chi connectivity index (χ3n) is 6.20. The Morgan fingerprint density at radius 2 is 1.80 bits per heavy atom. The molecule has 0 fully saturated rings. The summed E-state index contributed by atoms with van der Waals surface area (Å²) >= 11 is 0. The Bertz CT molecular complexity index is 1300. The second-order valence-corrected chi connectivity index (χ2v) is 8.71. The molecule has 0 aliphatic heterocycles. The number of aryl methyl sites for hydroxylation is 4. The van der Waals surface area contributed by atoms with Gasteiger partial charge in [0, 0.05) is 25.1 Å². The largest absolute Gasteiger partial charge is 0.497 e. The smallest absolute Gasteiger partial charge is 0.251 e. The molecule has 182 valence electrons. The summed E-state index contributed by atoms with van der Waals surface area (Å²) in [6.07, 6.45) is 2.47. The molecule has 0 spiro atoms. The predicted molar refractivity (Wildman–Crippen MR) is 139 cm³/mol. The number of imidazole rings is 1. The first-order chi connectivity index (χ1) is 17.0. The first kappa shape index (κ1) is 24.3. The molecule has 4 aromatic rings. The van der Waals surface area contributed by atoms with Gasteiger partial charge in [-0.15, -0.1) is 0 Å². The van der Waals surface area contributed by atoms with Crippen molar-refractivity contribution >= 4 is 16.9 Å². The second kappa shape index (κ2) is 11.6. The van der Waals surface area contributed by atoms with E-state index in [-0.39, 0.29) is 5.91 Å². The highest BCUT2D eigenvalue weighted by molar-refractivity contribution is 5.94. The molecule has 1 aromatic heterocycles. The van der Waals surface area contributed by atoms with E-state index in [9.17, 15) is 4.79 Å². The van der Waals surface area contributed by atoms with Crippen LogP contribution in [0.5, 0.6) is 11.5 Å². The highest BCUT2D eigenvalue weighted by atomic mass is 16.5. The van der Waals surface area contributed by atoms with Gasteiger partial charge in [0.15, 0.2) is 0 Å². The summed E-state index contributed by atoms with van der Waals surface area (Å²) in [5.74, 6) is 2.53. The highest BCUT2D eigenvalue weighted by Crippen LogP contribution is 2.19. The van der Waals surface area contributed by atoms with Crippen LogP contribution in [0, 0.1) is 13.8 Å². The number of aromatic nitrogens is 2. The van der Waals surface area contributed by atoms with Crippen LogP contribution < -0.4 is 14.8 Å². The van der Waals surface area contributed by atoms with E-state index in [0.717, 1.165) is 48.4 Å². The third kappa shape index (κ3) is 6.21. The van der Waals surface area contributed by atoms with Gasteiger partial charge in [0.2, 0.25) is 0 Å². The van der Waals surface area contributed by atoms with Crippen molar-refractivity contribution in [3.63, 3.8) is 0 Å². The Morgan fingerprint density at radius 3 is 2.63 bits per heavy atom. The van der Waals surface area contributed by atoms with Crippen LogP contribution in [0.15, 0.2) is 66.7 Å². The minimum atomic E-state index is -0.0964. The number of amides is 1. The second-order valence-electron chi connectivity index (χ2n) is 8.71. The fourth-order valence-electron chi connectivity index (χ4n) is 4.10. The Morgan fingerprint density at radius 1 is 0.943 bits per heavy atom. The molecule has 1 amide bonds. The number of carbonyl (C=O) groups excluding carboxylic acids is 1. The lowest BCUT2D eigenvalue weighted by molar-refractivity contribution is 0.0952. The molecule has 4 rings (SSSR count). The van der Waals surface area contributed by atoms with Crippen molar-refractivity contribution in [1.82, 2.24) is 14.9 Å². The highest BCUT2D eigenvalue weighted by Gasteiger charge is 2.11. The van der Waals surface area contributed by atoms with Gasteiger partial charge in [-0.1, -0.05) is 24.3 Å². The summed E-state index contributed by atoms with van der Waals surface area (Å²) in [6, 6.07) is 21.6. The molecule has 0 saturated carbocycles. The minimum absolute atomic E-state index is 0.0964. The van der Waals surface area contributed by atoms with Gasteiger partial charge in [-0.3, -0.25) is 4.79 Å². The van der Waals surface area contributed by atoms with Crippen molar-refractivity contribution in [3.05, 3.63) is 89.2 Å². The van der Waals surface area contributed by atoms with E-state index < -0.39 is 0 Å². The SMILES string of the molecule is COc1cccc(C(=O)NCCCc2nc3ccccc3n2CCCOc2ccc(C)c(C)c2)c1. The number of fused-ring (bicyclic) bond motifs is 1. The predicted octanol–water partition coefficient (Wildman–Crippen LogP) is 5.49. The summed E-state index contributed by atoms with van der Waals surface area (Å²) in [7, 11) is 1.60. The number of hydrogen-bond acceptors (Lipinski definition) is 4. The van der Waals surface area contributed by atoms with Crippen molar-refractivity contribution in [2.45, 2.75) is 39.7 Å². The summed E-state index contributed by atoms with van der Waals surface area (Å²) in [4.78, 5) is 17.3. The van der Waals surface area contributed by atoms with Gasteiger partial charge in [0.1, 0.15) is 17.3 Å². The van der Waals surface area contributed by atoms with Crippen LogP contribution >= 0.6 is 0 Å². The van der Waals surface area contributed by atoms with Crippen LogP contribution in [0.4, 0.5) is 0 Å². The van der Waals surface area contributed by atoms with Crippen molar-refractivity contribution < 1.29 is 14.3 Å². The van der Waals surface area contributed by atoms with Crippen LogP contribution in [-0.4, -0.2) is 35.7 Å². The normalized spacial score (nSPS) is 10.9.